The van der Waals surface area contributed by atoms with Gasteiger partial charge in [0, 0.05) is 5.33 Å². The quantitative estimate of drug-likeness (QED) is 0.500. The molecular weight excluding hydrogens is 168 g/mol. The third-order valence-corrected chi connectivity index (χ3v) is 1.48. The zero-order chi connectivity index (χ0) is 6.41. The molecule has 0 aliphatic rings. The standard InChI is InChI=1S/C6H9BrO/c1-6(5-7)3-2-4-8/h2,8H,4-5H2,1H3. The molecule has 2 heteroatoms. The lowest BCUT2D eigenvalue weighted by molar-refractivity contribution is 0.343. The van der Waals surface area contributed by atoms with Crippen LogP contribution in [-0.4, -0.2) is 17.0 Å². The molecule has 0 aromatic rings. The van der Waals surface area contributed by atoms with Crippen LogP contribution in [0.25, 0.3) is 0 Å². The Bertz CT molecular complexity index is 112. The SMILES string of the molecule is CC(=C=CCO)CBr. The van der Waals surface area contributed by atoms with E-state index in [1.54, 1.807) is 6.08 Å². The van der Waals surface area contributed by atoms with Crippen molar-refractivity contribution in [2.24, 2.45) is 0 Å². The maximum Gasteiger partial charge on any atom is 0.0686 e. The normalized spacial score (nSPS) is 7.88. The third-order valence-electron chi connectivity index (χ3n) is 0.640. The van der Waals surface area contributed by atoms with Gasteiger partial charge in [0.15, 0.2) is 0 Å². The van der Waals surface area contributed by atoms with Crippen LogP contribution >= 0.6 is 15.9 Å². The summed E-state index contributed by atoms with van der Waals surface area (Å²) in [7, 11) is 0. The molecule has 0 fully saturated rings. The number of aliphatic hydroxyl groups is 1. The summed E-state index contributed by atoms with van der Waals surface area (Å²) in [5.41, 5.74) is 3.97. The maximum atomic E-state index is 8.26. The van der Waals surface area contributed by atoms with E-state index in [0.717, 1.165) is 10.9 Å². The number of aliphatic hydroxyl groups excluding tert-OH is 1. The van der Waals surface area contributed by atoms with Gasteiger partial charge in [-0.15, -0.1) is 5.73 Å². The molecule has 1 nitrogen and oxygen atoms in total. The summed E-state index contributed by atoms with van der Waals surface area (Å²) in [6.07, 6.45) is 1.59. The first-order valence-electron chi connectivity index (χ1n) is 2.38. The van der Waals surface area contributed by atoms with E-state index in [9.17, 15) is 0 Å². The van der Waals surface area contributed by atoms with Gasteiger partial charge in [-0.25, -0.2) is 0 Å². The van der Waals surface area contributed by atoms with Gasteiger partial charge >= 0.3 is 0 Å². The lowest BCUT2D eigenvalue weighted by Crippen LogP contribution is -1.72. The van der Waals surface area contributed by atoms with Crippen LogP contribution in [0.1, 0.15) is 6.92 Å². The van der Waals surface area contributed by atoms with Crippen molar-refractivity contribution in [3.05, 3.63) is 17.4 Å². The van der Waals surface area contributed by atoms with Gasteiger partial charge in [-0.3, -0.25) is 0 Å². The molecule has 1 N–H and O–H groups in total. The topological polar surface area (TPSA) is 20.2 Å². The van der Waals surface area contributed by atoms with Crippen molar-refractivity contribution < 1.29 is 5.11 Å². The van der Waals surface area contributed by atoms with E-state index < -0.39 is 0 Å². The van der Waals surface area contributed by atoms with Crippen LogP contribution in [0.5, 0.6) is 0 Å². The Morgan fingerprint density at radius 3 is 2.88 bits per heavy atom. The van der Waals surface area contributed by atoms with Crippen LogP contribution < -0.4 is 0 Å². The van der Waals surface area contributed by atoms with Crippen LogP contribution in [0.4, 0.5) is 0 Å². The molecule has 0 amide bonds. The predicted molar refractivity (Wildman–Crippen MR) is 38.1 cm³/mol. The van der Waals surface area contributed by atoms with Crippen molar-refractivity contribution in [1.82, 2.24) is 0 Å². The maximum absolute atomic E-state index is 8.26. The van der Waals surface area contributed by atoms with Gasteiger partial charge in [0.05, 0.1) is 6.61 Å². The molecule has 0 rings (SSSR count). The highest BCUT2D eigenvalue weighted by atomic mass is 79.9. The fourth-order valence-electron chi connectivity index (χ4n) is 0.258. The number of rotatable bonds is 2. The fraction of sp³-hybridized carbons (Fsp3) is 0.500. The van der Waals surface area contributed by atoms with Crippen LogP contribution in [0.3, 0.4) is 0 Å². The highest BCUT2D eigenvalue weighted by Crippen LogP contribution is 1.93. The van der Waals surface area contributed by atoms with E-state index in [0.29, 0.717) is 0 Å². The minimum atomic E-state index is 0.0737. The fourth-order valence-corrected chi connectivity index (χ4v) is 0.420. The minimum Gasteiger partial charge on any atom is -0.392 e. The Kier molecular flexibility index (Phi) is 5.08. The summed E-state index contributed by atoms with van der Waals surface area (Å²) in [4.78, 5) is 0. The summed E-state index contributed by atoms with van der Waals surface area (Å²) in [5.74, 6) is 0. The van der Waals surface area contributed by atoms with E-state index in [2.05, 4.69) is 21.7 Å². The van der Waals surface area contributed by atoms with Crippen molar-refractivity contribution in [3.63, 3.8) is 0 Å². The van der Waals surface area contributed by atoms with E-state index in [1.165, 1.54) is 0 Å². The second-order valence-corrected chi connectivity index (χ2v) is 2.01. The first kappa shape index (κ1) is 7.96. The van der Waals surface area contributed by atoms with Crippen molar-refractivity contribution in [2.45, 2.75) is 6.92 Å². The van der Waals surface area contributed by atoms with Gasteiger partial charge in [0.2, 0.25) is 0 Å². The van der Waals surface area contributed by atoms with Crippen LogP contribution in [-0.2, 0) is 0 Å². The molecule has 0 aromatic carbocycles. The van der Waals surface area contributed by atoms with Crippen LogP contribution in [0, 0.1) is 0 Å². The molecule has 8 heavy (non-hydrogen) atoms. The lowest BCUT2D eigenvalue weighted by atomic mass is 10.4. The molecule has 46 valence electrons. The Morgan fingerprint density at radius 2 is 2.50 bits per heavy atom. The largest absolute Gasteiger partial charge is 0.392 e. The highest BCUT2D eigenvalue weighted by Gasteiger charge is 1.76. The molecule has 0 aliphatic carbocycles. The van der Waals surface area contributed by atoms with Gasteiger partial charge in [-0.05, 0) is 18.6 Å². The second-order valence-electron chi connectivity index (χ2n) is 1.44. The summed E-state index contributed by atoms with van der Waals surface area (Å²) >= 11 is 3.24. The van der Waals surface area contributed by atoms with E-state index >= 15 is 0 Å². The van der Waals surface area contributed by atoms with Gasteiger partial charge < -0.3 is 5.11 Å². The number of hydrogen-bond acceptors (Lipinski definition) is 1. The number of hydrogen-bond donors (Lipinski definition) is 1. The smallest absolute Gasteiger partial charge is 0.0686 e. The third kappa shape index (κ3) is 4.13. The van der Waals surface area contributed by atoms with E-state index in [-0.39, 0.29) is 6.61 Å². The Balaban J connectivity index is 3.72. The zero-order valence-electron chi connectivity index (χ0n) is 4.82. The van der Waals surface area contributed by atoms with Crippen LogP contribution in [0.2, 0.25) is 0 Å². The molecule has 0 saturated carbocycles. The first-order valence-corrected chi connectivity index (χ1v) is 3.51. The van der Waals surface area contributed by atoms with Crippen molar-refractivity contribution in [3.8, 4) is 0 Å². The lowest BCUT2D eigenvalue weighted by Gasteiger charge is -1.81. The van der Waals surface area contributed by atoms with E-state index in [1.807, 2.05) is 6.92 Å². The second kappa shape index (κ2) is 5.10. The van der Waals surface area contributed by atoms with Gasteiger partial charge in [0.1, 0.15) is 0 Å². The monoisotopic (exact) mass is 176 g/mol. The molecule has 0 atom stereocenters. The van der Waals surface area contributed by atoms with E-state index in [4.69, 9.17) is 5.11 Å². The number of halogens is 1. The Hall–Kier alpha value is -0.0400. The summed E-state index contributed by atoms with van der Waals surface area (Å²) in [5, 5.41) is 9.09. The summed E-state index contributed by atoms with van der Waals surface area (Å²) in [6, 6.07) is 0. The zero-order valence-corrected chi connectivity index (χ0v) is 6.40. The van der Waals surface area contributed by atoms with Crippen LogP contribution in [0.15, 0.2) is 17.4 Å². The Labute approximate surface area is 57.8 Å². The average Bonchev–Trinajstić information content (AvgIpc) is 1.83. The molecule has 0 aliphatic heterocycles. The molecular formula is C6H9BrO. The molecule has 0 spiro atoms. The Morgan fingerprint density at radius 1 is 1.88 bits per heavy atom. The summed E-state index contributed by atoms with van der Waals surface area (Å²) in [6.45, 7) is 2.02. The molecule has 0 unspecified atom stereocenters. The molecule has 0 bridgehead atoms. The van der Waals surface area contributed by atoms with Gasteiger partial charge in [0.25, 0.3) is 0 Å². The highest BCUT2D eigenvalue weighted by molar-refractivity contribution is 9.09. The molecule has 0 saturated heterocycles. The van der Waals surface area contributed by atoms with Crippen molar-refractivity contribution in [1.29, 1.82) is 0 Å². The minimum absolute atomic E-state index is 0.0737. The van der Waals surface area contributed by atoms with Gasteiger partial charge in [-0.2, -0.15) is 0 Å². The molecule has 0 heterocycles. The molecule has 0 aromatic heterocycles. The van der Waals surface area contributed by atoms with Crippen molar-refractivity contribution >= 4 is 15.9 Å². The summed E-state index contributed by atoms with van der Waals surface area (Å²) < 4.78 is 0. The van der Waals surface area contributed by atoms with Gasteiger partial charge in [-0.1, -0.05) is 15.9 Å². The van der Waals surface area contributed by atoms with Crippen molar-refractivity contribution in [2.75, 3.05) is 11.9 Å². The average molecular weight is 177 g/mol. The number of alkyl halides is 1. The predicted octanol–water partition coefficient (Wildman–Crippen LogP) is 1.48. The first-order chi connectivity index (χ1) is 3.81. The molecule has 0 radical (unpaired) electrons.